The third-order valence-corrected chi connectivity index (χ3v) is 2.40. The fraction of sp³-hybridized carbons (Fsp3) is 0.300. The van der Waals surface area contributed by atoms with Gasteiger partial charge in [0.2, 0.25) is 0 Å². The molecule has 0 aromatic heterocycles. The summed E-state index contributed by atoms with van der Waals surface area (Å²) in [5.41, 5.74) is 11.2. The van der Waals surface area contributed by atoms with E-state index >= 15 is 0 Å². The van der Waals surface area contributed by atoms with E-state index in [1.165, 1.54) is 0 Å². The number of carbonyl (C=O) groups is 1. The molecular weight excluding hydrogens is 230 g/mol. The number of hydrogen-bond donors (Lipinski definition) is 3. The number of hydrazine groups is 1. The first kappa shape index (κ1) is 12.8. The van der Waals surface area contributed by atoms with Crippen LogP contribution in [0.4, 0.5) is 0 Å². The van der Waals surface area contributed by atoms with Gasteiger partial charge in [0.15, 0.2) is 0 Å². The lowest BCUT2D eigenvalue weighted by molar-refractivity contribution is -0.123. The van der Waals surface area contributed by atoms with Crippen LogP contribution in [0.3, 0.4) is 0 Å². The van der Waals surface area contributed by atoms with Gasteiger partial charge in [-0.05, 0) is 17.7 Å². The maximum Gasteiger partial charge on any atom is 0.255 e. The molecule has 0 aliphatic rings. The number of amides is 1. The van der Waals surface area contributed by atoms with Crippen LogP contribution in [-0.2, 0) is 4.79 Å². The Morgan fingerprint density at radius 3 is 2.75 bits per heavy atom. The van der Waals surface area contributed by atoms with Crippen LogP contribution >= 0.6 is 11.6 Å². The van der Waals surface area contributed by atoms with Gasteiger partial charge in [0.05, 0.1) is 7.11 Å². The predicted octanol–water partition coefficient (Wildman–Crippen LogP) is 0.599. The Morgan fingerprint density at radius 2 is 2.25 bits per heavy atom. The number of benzene rings is 1. The van der Waals surface area contributed by atoms with Gasteiger partial charge in [-0.1, -0.05) is 17.7 Å². The largest absolute Gasteiger partial charge is 0.497 e. The van der Waals surface area contributed by atoms with Gasteiger partial charge in [0.25, 0.3) is 5.91 Å². The molecule has 16 heavy (non-hydrogen) atoms. The van der Waals surface area contributed by atoms with Gasteiger partial charge < -0.3 is 10.5 Å². The second-order valence-corrected chi connectivity index (χ2v) is 3.51. The number of methoxy groups -OCH3 is 1. The van der Waals surface area contributed by atoms with Crippen LogP contribution in [0.2, 0.25) is 5.02 Å². The lowest BCUT2D eigenvalue weighted by Crippen LogP contribution is -2.40. The molecule has 0 radical (unpaired) electrons. The Bertz CT molecular complexity index is 384. The highest BCUT2D eigenvalue weighted by Crippen LogP contribution is 2.26. The van der Waals surface area contributed by atoms with Crippen molar-refractivity contribution in [3.05, 3.63) is 28.8 Å². The Kier molecular flexibility index (Phi) is 4.54. The van der Waals surface area contributed by atoms with E-state index in [1.807, 2.05) is 0 Å². The Hall–Kier alpha value is -1.30. The molecule has 0 bridgehead atoms. The van der Waals surface area contributed by atoms with Crippen molar-refractivity contribution in [2.24, 2.45) is 5.73 Å². The minimum atomic E-state index is -0.814. The van der Waals surface area contributed by atoms with Crippen molar-refractivity contribution < 1.29 is 9.53 Å². The molecule has 0 fully saturated rings. The van der Waals surface area contributed by atoms with Crippen LogP contribution in [0.1, 0.15) is 11.6 Å². The summed E-state index contributed by atoms with van der Waals surface area (Å²) in [5.74, 6) is 0.268. The first-order valence-electron chi connectivity index (χ1n) is 4.65. The predicted molar refractivity (Wildman–Crippen MR) is 62.1 cm³/mol. The maximum absolute atomic E-state index is 11.5. The van der Waals surface area contributed by atoms with Crippen molar-refractivity contribution in [1.82, 2.24) is 10.9 Å². The summed E-state index contributed by atoms with van der Waals surface area (Å²) in [7, 11) is 3.12. The number of nitrogens with two attached hydrogens (primary N) is 1. The molecule has 1 aromatic carbocycles. The lowest BCUT2D eigenvalue weighted by Gasteiger charge is -2.13. The van der Waals surface area contributed by atoms with Gasteiger partial charge in [-0.15, -0.1) is 0 Å². The van der Waals surface area contributed by atoms with Gasteiger partial charge in [-0.25, -0.2) is 5.43 Å². The fourth-order valence-corrected chi connectivity index (χ4v) is 1.52. The summed E-state index contributed by atoms with van der Waals surface area (Å²) in [6.07, 6.45) is 0. The molecule has 0 aliphatic carbocycles. The van der Waals surface area contributed by atoms with Crippen molar-refractivity contribution >= 4 is 17.5 Å². The van der Waals surface area contributed by atoms with Crippen LogP contribution in [0.25, 0.3) is 0 Å². The number of ether oxygens (including phenoxy) is 1. The van der Waals surface area contributed by atoms with E-state index < -0.39 is 6.04 Å². The van der Waals surface area contributed by atoms with Gasteiger partial charge in [-0.2, -0.15) is 0 Å². The highest BCUT2D eigenvalue weighted by Gasteiger charge is 2.18. The average molecular weight is 244 g/mol. The monoisotopic (exact) mass is 243 g/mol. The third-order valence-electron chi connectivity index (χ3n) is 2.07. The molecule has 0 aliphatic heterocycles. The number of hydrogen-bond acceptors (Lipinski definition) is 4. The second-order valence-electron chi connectivity index (χ2n) is 3.10. The summed E-state index contributed by atoms with van der Waals surface area (Å²) in [4.78, 5) is 11.5. The number of rotatable bonds is 4. The van der Waals surface area contributed by atoms with Crippen molar-refractivity contribution in [2.45, 2.75) is 6.04 Å². The van der Waals surface area contributed by atoms with E-state index in [2.05, 4.69) is 10.9 Å². The molecule has 4 N–H and O–H groups in total. The lowest BCUT2D eigenvalue weighted by atomic mass is 10.1. The topological polar surface area (TPSA) is 76.4 Å². The van der Waals surface area contributed by atoms with Crippen molar-refractivity contribution in [2.75, 3.05) is 14.2 Å². The zero-order valence-electron chi connectivity index (χ0n) is 9.08. The summed E-state index contributed by atoms with van der Waals surface area (Å²) in [6.45, 7) is 0. The number of nitrogens with one attached hydrogen (secondary N) is 2. The maximum atomic E-state index is 11.5. The SMILES string of the molecule is CNNC(=O)C(N)c1ccc(OC)cc1Cl. The molecule has 5 nitrogen and oxygen atoms in total. The van der Waals surface area contributed by atoms with Crippen molar-refractivity contribution in [3.8, 4) is 5.75 Å². The fourth-order valence-electron chi connectivity index (χ4n) is 1.23. The normalized spacial score (nSPS) is 12.0. The first-order chi connectivity index (χ1) is 7.60. The molecule has 88 valence electrons. The van der Waals surface area contributed by atoms with E-state index in [-0.39, 0.29) is 5.91 Å². The van der Waals surface area contributed by atoms with E-state index in [1.54, 1.807) is 32.4 Å². The van der Waals surface area contributed by atoms with Gasteiger partial charge in [0.1, 0.15) is 11.8 Å². The zero-order chi connectivity index (χ0) is 12.1. The Morgan fingerprint density at radius 1 is 1.56 bits per heavy atom. The highest BCUT2D eigenvalue weighted by atomic mass is 35.5. The summed E-state index contributed by atoms with van der Waals surface area (Å²) >= 11 is 5.99. The molecule has 1 aromatic rings. The summed E-state index contributed by atoms with van der Waals surface area (Å²) in [6, 6.07) is 4.17. The Labute approximate surface area is 98.9 Å². The molecule has 0 spiro atoms. The van der Waals surface area contributed by atoms with E-state index in [0.29, 0.717) is 16.3 Å². The Balaban J connectivity index is 2.91. The quantitative estimate of drug-likeness (QED) is 0.677. The van der Waals surface area contributed by atoms with Crippen molar-refractivity contribution in [3.63, 3.8) is 0 Å². The molecule has 1 unspecified atom stereocenters. The van der Waals surface area contributed by atoms with Gasteiger partial charge in [0, 0.05) is 12.1 Å². The standard InChI is InChI=1S/C10H14ClN3O2/c1-13-14-10(15)9(12)7-4-3-6(16-2)5-8(7)11/h3-5,9,13H,12H2,1-2H3,(H,14,15). The van der Waals surface area contributed by atoms with Crippen LogP contribution in [0, 0.1) is 0 Å². The minimum Gasteiger partial charge on any atom is -0.497 e. The molecule has 0 saturated heterocycles. The molecular formula is C10H14ClN3O2. The number of halogens is 1. The molecule has 0 heterocycles. The van der Waals surface area contributed by atoms with Crippen LogP contribution < -0.4 is 21.3 Å². The molecule has 1 atom stereocenters. The minimum absolute atomic E-state index is 0.352. The summed E-state index contributed by atoms with van der Waals surface area (Å²) in [5, 5.41) is 0.401. The number of carbonyl (C=O) groups excluding carboxylic acids is 1. The van der Waals surface area contributed by atoms with Crippen LogP contribution in [-0.4, -0.2) is 20.1 Å². The first-order valence-corrected chi connectivity index (χ1v) is 5.03. The smallest absolute Gasteiger partial charge is 0.255 e. The molecule has 1 rings (SSSR count). The molecule has 1 amide bonds. The zero-order valence-corrected chi connectivity index (χ0v) is 9.84. The van der Waals surface area contributed by atoms with Crippen LogP contribution in [0.5, 0.6) is 5.75 Å². The molecule has 0 saturated carbocycles. The van der Waals surface area contributed by atoms with Gasteiger partial charge in [-0.3, -0.25) is 10.2 Å². The summed E-state index contributed by atoms with van der Waals surface area (Å²) < 4.78 is 5.00. The highest BCUT2D eigenvalue weighted by molar-refractivity contribution is 6.31. The van der Waals surface area contributed by atoms with Crippen LogP contribution in [0.15, 0.2) is 18.2 Å². The average Bonchev–Trinajstić information content (AvgIpc) is 2.28. The second kappa shape index (κ2) is 5.69. The van der Waals surface area contributed by atoms with Crippen molar-refractivity contribution in [1.29, 1.82) is 0 Å². The van der Waals surface area contributed by atoms with E-state index in [4.69, 9.17) is 22.1 Å². The van der Waals surface area contributed by atoms with E-state index in [9.17, 15) is 4.79 Å². The van der Waals surface area contributed by atoms with E-state index in [0.717, 1.165) is 0 Å². The third kappa shape index (κ3) is 2.85. The van der Waals surface area contributed by atoms with Gasteiger partial charge >= 0.3 is 0 Å². The molecule has 6 heteroatoms.